The Morgan fingerprint density at radius 1 is 1.13 bits per heavy atom. The van der Waals surface area contributed by atoms with Crippen molar-refractivity contribution < 1.29 is 5.11 Å². The summed E-state index contributed by atoms with van der Waals surface area (Å²) in [5, 5.41) is 12.7. The van der Waals surface area contributed by atoms with Gasteiger partial charge in [0.15, 0.2) is 0 Å². The number of aliphatic hydroxyl groups excluding tert-OH is 1. The van der Waals surface area contributed by atoms with Crippen LogP contribution in [-0.2, 0) is 0 Å². The third-order valence-electron chi connectivity index (χ3n) is 3.85. The lowest BCUT2D eigenvalue weighted by Gasteiger charge is -2.30. The first-order valence-corrected chi connectivity index (χ1v) is 6.48. The van der Waals surface area contributed by atoms with E-state index in [1.807, 2.05) is 0 Å². The van der Waals surface area contributed by atoms with Crippen LogP contribution in [0.3, 0.4) is 0 Å². The van der Waals surface area contributed by atoms with E-state index in [1.165, 1.54) is 45.1 Å². The van der Waals surface area contributed by atoms with Gasteiger partial charge in [-0.3, -0.25) is 4.90 Å². The van der Waals surface area contributed by atoms with Crippen molar-refractivity contribution in [1.82, 2.24) is 10.2 Å². The van der Waals surface area contributed by atoms with Crippen LogP contribution in [0.5, 0.6) is 0 Å². The van der Waals surface area contributed by atoms with Gasteiger partial charge >= 0.3 is 0 Å². The van der Waals surface area contributed by atoms with Gasteiger partial charge in [-0.15, -0.1) is 0 Å². The molecule has 0 aromatic carbocycles. The highest BCUT2D eigenvalue weighted by Gasteiger charge is 2.25. The van der Waals surface area contributed by atoms with Gasteiger partial charge < -0.3 is 10.4 Å². The van der Waals surface area contributed by atoms with Crippen molar-refractivity contribution in [3.63, 3.8) is 0 Å². The molecule has 2 rings (SSSR count). The Morgan fingerprint density at radius 2 is 1.93 bits per heavy atom. The maximum absolute atomic E-state index is 9.11. The van der Waals surface area contributed by atoms with E-state index >= 15 is 0 Å². The SMILES string of the molecule is OCCN(CC1CCCN1)C1CCCC1. The molecule has 1 saturated carbocycles. The summed E-state index contributed by atoms with van der Waals surface area (Å²) in [7, 11) is 0. The number of rotatable bonds is 5. The first kappa shape index (κ1) is 11.4. The Balaban J connectivity index is 1.81. The Morgan fingerprint density at radius 3 is 2.53 bits per heavy atom. The fourth-order valence-electron chi connectivity index (χ4n) is 3.02. The van der Waals surface area contributed by atoms with Crippen molar-refractivity contribution in [2.24, 2.45) is 0 Å². The Labute approximate surface area is 92.8 Å². The predicted octanol–water partition coefficient (Wildman–Crippen LogP) is 0.975. The molecule has 1 heterocycles. The van der Waals surface area contributed by atoms with E-state index in [2.05, 4.69) is 10.2 Å². The zero-order valence-corrected chi connectivity index (χ0v) is 9.62. The lowest BCUT2D eigenvalue weighted by Crippen LogP contribution is -2.43. The predicted molar refractivity (Wildman–Crippen MR) is 61.9 cm³/mol. The molecule has 1 aliphatic heterocycles. The maximum atomic E-state index is 9.11. The second kappa shape index (κ2) is 5.83. The number of hydrogen-bond donors (Lipinski definition) is 2. The molecular formula is C12H24N2O. The number of nitrogens with one attached hydrogen (secondary N) is 1. The Hall–Kier alpha value is -0.120. The van der Waals surface area contributed by atoms with Gasteiger partial charge in [-0.25, -0.2) is 0 Å². The van der Waals surface area contributed by atoms with Crippen molar-refractivity contribution >= 4 is 0 Å². The van der Waals surface area contributed by atoms with Gasteiger partial charge in [0.05, 0.1) is 6.61 Å². The van der Waals surface area contributed by atoms with E-state index in [-0.39, 0.29) is 0 Å². The molecule has 2 aliphatic rings. The van der Waals surface area contributed by atoms with Gasteiger partial charge in [-0.2, -0.15) is 0 Å². The number of hydrogen-bond acceptors (Lipinski definition) is 3. The van der Waals surface area contributed by atoms with Gasteiger partial charge in [-0.05, 0) is 32.2 Å². The van der Waals surface area contributed by atoms with Crippen LogP contribution in [0, 0.1) is 0 Å². The molecule has 2 fully saturated rings. The second-order valence-electron chi connectivity index (χ2n) is 4.95. The van der Waals surface area contributed by atoms with Crippen LogP contribution in [0.4, 0.5) is 0 Å². The van der Waals surface area contributed by atoms with Crippen LogP contribution in [0.1, 0.15) is 38.5 Å². The molecule has 1 saturated heterocycles. The molecule has 0 amide bonds. The van der Waals surface area contributed by atoms with Crippen molar-refractivity contribution in [1.29, 1.82) is 0 Å². The average molecular weight is 212 g/mol. The highest BCUT2D eigenvalue weighted by atomic mass is 16.3. The van der Waals surface area contributed by atoms with E-state index in [1.54, 1.807) is 0 Å². The summed E-state index contributed by atoms with van der Waals surface area (Å²) in [6.45, 7) is 3.50. The molecule has 15 heavy (non-hydrogen) atoms. The first-order valence-electron chi connectivity index (χ1n) is 6.48. The van der Waals surface area contributed by atoms with Crippen LogP contribution in [0.2, 0.25) is 0 Å². The normalized spacial score (nSPS) is 28.0. The van der Waals surface area contributed by atoms with Gasteiger partial charge in [0.1, 0.15) is 0 Å². The third-order valence-corrected chi connectivity index (χ3v) is 3.85. The molecule has 0 aromatic rings. The molecule has 3 heteroatoms. The van der Waals surface area contributed by atoms with Gasteiger partial charge in [0, 0.05) is 25.2 Å². The molecule has 3 nitrogen and oxygen atoms in total. The highest BCUT2D eigenvalue weighted by Crippen LogP contribution is 2.24. The molecular weight excluding hydrogens is 188 g/mol. The molecule has 1 aliphatic carbocycles. The van der Waals surface area contributed by atoms with Crippen molar-refractivity contribution in [2.75, 3.05) is 26.2 Å². The molecule has 0 aromatic heterocycles. The number of nitrogens with zero attached hydrogens (tertiary/aromatic N) is 1. The summed E-state index contributed by atoms with van der Waals surface area (Å²) in [5.41, 5.74) is 0. The second-order valence-corrected chi connectivity index (χ2v) is 4.95. The van der Waals surface area contributed by atoms with Crippen LogP contribution in [-0.4, -0.2) is 48.3 Å². The fraction of sp³-hybridized carbons (Fsp3) is 1.00. The summed E-state index contributed by atoms with van der Waals surface area (Å²) in [6.07, 6.45) is 8.08. The summed E-state index contributed by atoms with van der Waals surface area (Å²) in [5.74, 6) is 0. The zero-order chi connectivity index (χ0) is 10.5. The lowest BCUT2D eigenvalue weighted by molar-refractivity contribution is 0.141. The van der Waals surface area contributed by atoms with Crippen LogP contribution in [0.25, 0.3) is 0 Å². The monoisotopic (exact) mass is 212 g/mol. The Kier molecular flexibility index (Phi) is 4.42. The summed E-state index contributed by atoms with van der Waals surface area (Å²) >= 11 is 0. The molecule has 0 bridgehead atoms. The van der Waals surface area contributed by atoms with E-state index in [0.29, 0.717) is 12.6 Å². The van der Waals surface area contributed by atoms with Gasteiger partial charge in [-0.1, -0.05) is 12.8 Å². The molecule has 2 N–H and O–H groups in total. The smallest absolute Gasteiger partial charge is 0.0558 e. The largest absolute Gasteiger partial charge is 0.395 e. The summed E-state index contributed by atoms with van der Waals surface area (Å²) < 4.78 is 0. The van der Waals surface area contributed by atoms with Crippen LogP contribution < -0.4 is 5.32 Å². The first-order chi connectivity index (χ1) is 7.40. The molecule has 1 unspecified atom stereocenters. The van der Waals surface area contributed by atoms with Crippen LogP contribution in [0.15, 0.2) is 0 Å². The Bertz CT molecular complexity index is 174. The zero-order valence-electron chi connectivity index (χ0n) is 9.62. The number of aliphatic hydroxyl groups is 1. The van der Waals surface area contributed by atoms with Crippen molar-refractivity contribution in [3.8, 4) is 0 Å². The third kappa shape index (κ3) is 3.16. The summed E-state index contributed by atoms with van der Waals surface area (Å²) in [6, 6.07) is 1.43. The highest BCUT2D eigenvalue weighted by molar-refractivity contribution is 4.83. The molecule has 0 spiro atoms. The van der Waals surface area contributed by atoms with Gasteiger partial charge in [0.2, 0.25) is 0 Å². The van der Waals surface area contributed by atoms with E-state index in [0.717, 1.165) is 19.1 Å². The molecule has 88 valence electrons. The van der Waals surface area contributed by atoms with E-state index in [9.17, 15) is 0 Å². The summed E-state index contributed by atoms with van der Waals surface area (Å²) in [4.78, 5) is 2.51. The van der Waals surface area contributed by atoms with Crippen LogP contribution >= 0.6 is 0 Å². The van der Waals surface area contributed by atoms with E-state index < -0.39 is 0 Å². The standard InChI is InChI=1S/C12H24N2O/c15-9-8-14(12-5-1-2-6-12)10-11-4-3-7-13-11/h11-13,15H,1-10H2. The van der Waals surface area contributed by atoms with Gasteiger partial charge in [0.25, 0.3) is 0 Å². The minimum Gasteiger partial charge on any atom is -0.395 e. The minimum atomic E-state index is 0.309. The molecule has 1 atom stereocenters. The molecule has 0 radical (unpaired) electrons. The topological polar surface area (TPSA) is 35.5 Å². The quantitative estimate of drug-likeness (QED) is 0.713. The fourth-order valence-corrected chi connectivity index (χ4v) is 3.02. The van der Waals surface area contributed by atoms with E-state index in [4.69, 9.17) is 5.11 Å². The van der Waals surface area contributed by atoms with Crippen molar-refractivity contribution in [3.05, 3.63) is 0 Å². The minimum absolute atomic E-state index is 0.309. The average Bonchev–Trinajstić information content (AvgIpc) is 2.89. The van der Waals surface area contributed by atoms with Crippen molar-refractivity contribution in [2.45, 2.75) is 50.6 Å². The maximum Gasteiger partial charge on any atom is 0.0558 e. The lowest BCUT2D eigenvalue weighted by atomic mass is 10.1.